The Labute approximate surface area is 210 Å². The lowest BCUT2D eigenvalue weighted by Crippen LogP contribution is -2.36. The zero-order chi connectivity index (χ0) is 24.7. The minimum atomic E-state index is -3.66. The predicted molar refractivity (Wildman–Crippen MR) is 136 cm³/mol. The molecule has 2 aliphatic heterocycles. The van der Waals surface area contributed by atoms with Crippen LogP contribution in [-0.4, -0.2) is 31.1 Å². The molecule has 1 saturated carbocycles. The van der Waals surface area contributed by atoms with E-state index in [1.165, 1.54) is 6.42 Å². The number of nitrogens with one attached hydrogen (secondary N) is 1. The van der Waals surface area contributed by atoms with E-state index in [-0.39, 0.29) is 21.6 Å². The van der Waals surface area contributed by atoms with E-state index >= 15 is 0 Å². The van der Waals surface area contributed by atoms with Gasteiger partial charge in [-0.15, -0.1) is 0 Å². The molecule has 0 atom stereocenters. The topological polar surface area (TPSA) is 77.4 Å². The zero-order valence-electron chi connectivity index (χ0n) is 19.4. The molecule has 182 valence electrons. The van der Waals surface area contributed by atoms with Crippen LogP contribution in [0.3, 0.4) is 0 Å². The Morgan fingerprint density at radius 1 is 1.06 bits per heavy atom. The maximum atomic E-state index is 12.9. The Kier molecular flexibility index (Phi) is 7.02. The molecule has 0 spiro atoms. The van der Waals surface area contributed by atoms with Crippen molar-refractivity contribution in [3.8, 4) is 16.9 Å². The summed E-state index contributed by atoms with van der Waals surface area (Å²) in [5.74, 6) is 0. The summed E-state index contributed by atoms with van der Waals surface area (Å²) in [6.45, 7) is 5.92. The second-order valence-corrected chi connectivity index (χ2v) is 12.1. The van der Waals surface area contributed by atoms with Crippen LogP contribution in [0.5, 0.6) is 0 Å². The molecule has 1 fully saturated rings. The molecule has 5 rings (SSSR count). The fourth-order valence-corrected chi connectivity index (χ4v) is 6.38. The highest BCUT2D eigenvalue weighted by atomic mass is 35.5. The number of benzene rings is 2. The molecule has 2 aromatic rings. The average molecular weight is 523 g/mol. The first-order chi connectivity index (χ1) is 16.0. The van der Waals surface area contributed by atoms with Crippen molar-refractivity contribution >= 4 is 50.6 Å². The van der Waals surface area contributed by atoms with E-state index in [1.54, 1.807) is 12.1 Å². The van der Waals surface area contributed by atoms with Gasteiger partial charge >= 0.3 is 0 Å². The highest BCUT2D eigenvalue weighted by Gasteiger charge is 2.35. The fraction of sp³-hybridized carbons (Fsp3) is 0.400. The SMILES string of the molecule is CC(C)(C)OC=O.O=S(=O)(NC1CCCCC1)c1cc(-c2c3c4c(Cl)cccc4n2-3)ccc1Cl. The van der Waals surface area contributed by atoms with E-state index < -0.39 is 10.0 Å². The quantitative estimate of drug-likeness (QED) is 0.304. The minimum absolute atomic E-state index is 0.00517. The van der Waals surface area contributed by atoms with Gasteiger partial charge in [0.25, 0.3) is 6.47 Å². The number of sulfonamides is 1. The van der Waals surface area contributed by atoms with Gasteiger partial charge in [0, 0.05) is 17.0 Å². The van der Waals surface area contributed by atoms with Crippen molar-refractivity contribution in [2.45, 2.75) is 69.4 Å². The molecule has 2 heterocycles. The van der Waals surface area contributed by atoms with E-state index in [0.29, 0.717) is 6.47 Å². The summed E-state index contributed by atoms with van der Waals surface area (Å²) in [6.07, 6.45) is 5.06. The van der Waals surface area contributed by atoms with Crippen molar-refractivity contribution < 1.29 is 17.9 Å². The third kappa shape index (κ3) is 5.13. The molecule has 0 unspecified atom stereocenters. The van der Waals surface area contributed by atoms with Gasteiger partial charge in [-0.2, -0.15) is 0 Å². The summed E-state index contributed by atoms with van der Waals surface area (Å²) < 4.78 is 35.3. The maximum absolute atomic E-state index is 12.9. The van der Waals surface area contributed by atoms with Crippen LogP contribution in [-0.2, 0) is 19.6 Å². The molecule has 2 aromatic carbocycles. The highest BCUT2D eigenvalue weighted by molar-refractivity contribution is 7.89. The molecule has 1 N–H and O–H groups in total. The van der Waals surface area contributed by atoms with Crippen molar-refractivity contribution in [1.82, 2.24) is 9.29 Å². The smallest absolute Gasteiger partial charge is 0.293 e. The first kappa shape index (κ1) is 25.0. The van der Waals surface area contributed by atoms with Crippen LogP contribution in [0.4, 0.5) is 0 Å². The molecule has 0 radical (unpaired) electrons. The number of ether oxygens (including phenoxy) is 1. The van der Waals surface area contributed by atoms with Crippen LogP contribution in [0.1, 0.15) is 52.9 Å². The molecule has 9 heteroatoms. The van der Waals surface area contributed by atoms with Gasteiger partial charge < -0.3 is 9.30 Å². The van der Waals surface area contributed by atoms with Crippen LogP contribution >= 0.6 is 23.2 Å². The zero-order valence-corrected chi connectivity index (χ0v) is 21.7. The number of nitrogens with zero attached hydrogens (tertiary/aromatic N) is 1. The second-order valence-electron chi connectivity index (χ2n) is 9.59. The lowest BCUT2D eigenvalue weighted by Gasteiger charge is -2.22. The van der Waals surface area contributed by atoms with Gasteiger partial charge in [-0.25, -0.2) is 13.1 Å². The molecular formula is C25H28Cl2N2O4S. The largest absolute Gasteiger partial charge is 0.462 e. The number of aromatic nitrogens is 1. The van der Waals surface area contributed by atoms with Gasteiger partial charge in [0.05, 0.1) is 26.9 Å². The van der Waals surface area contributed by atoms with Crippen molar-refractivity contribution in [3.63, 3.8) is 0 Å². The van der Waals surface area contributed by atoms with Crippen LogP contribution in [0.25, 0.3) is 27.8 Å². The molecule has 0 amide bonds. The van der Waals surface area contributed by atoms with Gasteiger partial charge in [0.15, 0.2) is 0 Å². The van der Waals surface area contributed by atoms with Gasteiger partial charge in [-0.05, 0) is 57.9 Å². The molecule has 0 aromatic heterocycles. The first-order valence-electron chi connectivity index (χ1n) is 11.3. The lowest BCUT2D eigenvalue weighted by atomic mass is 9.96. The van der Waals surface area contributed by atoms with Crippen molar-refractivity contribution in [3.05, 3.63) is 46.4 Å². The van der Waals surface area contributed by atoms with Crippen LogP contribution < -0.4 is 4.72 Å². The van der Waals surface area contributed by atoms with Crippen molar-refractivity contribution in [2.75, 3.05) is 0 Å². The number of hydrogen-bond acceptors (Lipinski definition) is 4. The normalized spacial score (nSPS) is 15.6. The maximum Gasteiger partial charge on any atom is 0.293 e. The van der Waals surface area contributed by atoms with E-state index in [4.69, 9.17) is 23.2 Å². The highest BCUT2D eigenvalue weighted by Crippen LogP contribution is 2.53. The number of hydrogen-bond donors (Lipinski definition) is 1. The van der Waals surface area contributed by atoms with Gasteiger partial charge in [-0.1, -0.05) is 54.6 Å². The Morgan fingerprint density at radius 3 is 2.35 bits per heavy atom. The number of halogens is 2. The summed E-state index contributed by atoms with van der Waals surface area (Å²) >= 11 is 12.5. The number of fused-ring (bicyclic) bond motifs is 4. The Morgan fingerprint density at radius 2 is 1.76 bits per heavy atom. The molecule has 34 heavy (non-hydrogen) atoms. The third-order valence-corrected chi connectivity index (χ3v) is 8.23. The van der Waals surface area contributed by atoms with Gasteiger partial charge in [0.2, 0.25) is 10.0 Å². The Balaban J connectivity index is 0.000000344. The van der Waals surface area contributed by atoms with Crippen LogP contribution in [0.15, 0.2) is 41.3 Å². The summed E-state index contributed by atoms with van der Waals surface area (Å²) in [5.41, 5.74) is 3.66. The molecule has 0 bridgehead atoms. The molecule has 3 aliphatic rings. The monoisotopic (exact) mass is 522 g/mol. The van der Waals surface area contributed by atoms with Gasteiger partial charge in [-0.3, -0.25) is 4.79 Å². The van der Waals surface area contributed by atoms with E-state index in [0.717, 1.165) is 58.6 Å². The van der Waals surface area contributed by atoms with Crippen LogP contribution in [0.2, 0.25) is 10.0 Å². The second kappa shape index (κ2) is 9.53. The predicted octanol–water partition coefficient (Wildman–Crippen LogP) is 6.49. The molecule has 6 nitrogen and oxygen atoms in total. The van der Waals surface area contributed by atoms with Gasteiger partial charge in [0.1, 0.15) is 10.5 Å². The summed E-state index contributed by atoms with van der Waals surface area (Å²) in [5, 5.41) is 1.99. The molecular weight excluding hydrogens is 495 g/mol. The summed E-state index contributed by atoms with van der Waals surface area (Å²) in [6, 6.07) is 11.0. The molecule has 1 aliphatic carbocycles. The summed E-state index contributed by atoms with van der Waals surface area (Å²) in [7, 11) is -3.66. The standard InChI is InChI=1S/C20H18Cl2N2O2S.C5H10O2/c21-14-10-9-12(19-20-18-15(22)7-4-8-16(18)24(19)20)11-17(14)27(25,26)23-13-5-2-1-3-6-13;1-5(2,3)7-4-6/h4,7-11,13,23H,1-3,5-6H2;4H,1-3H3. The molecule has 0 saturated heterocycles. The fourth-order valence-electron chi connectivity index (χ4n) is 4.29. The van der Waals surface area contributed by atoms with E-state index in [2.05, 4.69) is 14.0 Å². The van der Waals surface area contributed by atoms with Crippen molar-refractivity contribution in [1.29, 1.82) is 0 Å². The Bertz CT molecular complexity index is 1340. The Hall–Kier alpha value is -2.06. The first-order valence-corrected chi connectivity index (χ1v) is 13.5. The van der Waals surface area contributed by atoms with E-state index in [1.807, 2.05) is 45.0 Å². The number of carbonyl (C=O) groups excluding carboxylic acids is 1. The number of rotatable bonds is 5. The average Bonchev–Trinajstić information content (AvgIpc) is 3.39. The lowest BCUT2D eigenvalue weighted by molar-refractivity contribution is -0.138. The van der Waals surface area contributed by atoms with Crippen molar-refractivity contribution in [2.24, 2.45) is 0 Å². The third-order valence-electron chi connectivity index (χ3n) is 5.91. The summed E-state index contributed by atoms with van der Waals surface area (Å²) in [4.78, 5) is 9.74. The van der Waals surface area contributed by atoms with E-state index in [9.17, 15) is 13.2 Å². The number of carbonyl (C=O) groups is 1. The minimum Gasteiger partial charge on any atom is -0.462 e. The van der Waals surface area contributed by atoms with Crippen LogP contribution in [0, 0.1) is 0 Å².